The van der Waals surface area contributed by atoms with Crippen LogP contribution in [0.1, 0.15) is 23.7 Å². The van der Waals surface area contributed by atoms with Gasteiger partial charge in [-0.2, -0.15) is 0 Å². The number of ether oxygens (including phenoxy) is 1. The maximum absolute atomic E-state index is 5.96. The standard InChI is InChI=1S/C15H22N2O/c16-9-12-5-7-17(10-12)11-15-14-4-2-1-3-13(14)6-8-18-15/h1-4,12,15H,5-11,16H2. The van der Waals surface area contributed by atoms with Crippen LogP contribution in [0.2, 0.25) is 0 Å². The molecule has 3 nitrogen and oxygen atoms in total. The molecule has 98 valence electrons. The first-order valence-electron chi connectivity index (χ1n) is 6.98. The van der Waals surface area contributed by atoms with E-state index in [2.05, 4.69) is 29.2 Å². The van der Waals surface area contributed by atoms with Crippen LogP contribution in [0.25, 0.3) is 0 Å². The SMILES string of the molecule is NCC1CCN(CC2OCCc3ccccc32)C1. The maximum Gasteiger partial charge on any atom is 0.0954 e. The predicted molar refractivity (Wildman–Crippen MR) is 72.4 cm³/mol. The highest BCUT2D eigenvalue weighted by Gasteiger charge is 2.27. The number of rotatable bonds is 3. The summed E-state index contributed by atoms with van der Waals surface area (Å²) in [5.74, 6) is 0.684. The van der Waals surface area contributed by atoms with Crippen molar-refractivity contribution in [3.63, 3.8) is 0 Å². The molecule has 1 saturated heterocycles. The van der Waals surface area contributed by atoms with Gasteiger partial charge in [-0.25, -0.2) is 0 Å². The van der Waals surface area contributed by atoms with Crippen molar-refractivity contribution in [2.45, 2.75) is 18.9 Å². The molecule has 0 saturated carbocycles. The monoisotopic (exact) mass is 246 g/mol. The highest BCUT2D eigenvalue weighted by atomic mass is 16.5. The summed E-state index contributed by atoms with van der Waals surface area (Å²) >= 11 is 0. The molecule has 0 radical (unpaired) electrons. The van der Waals surface area contributed by atoms with Gasteiger partial charge in [0, 0.05) is 13.1 Å². The van der Waals surface area contributed by atoms with E-state index in [1.807, 2.05) is 0 Å². The third-order valence-corrected chi connectivity index (χ3v) is 4.22. The molecule has 0 bridgehead atoms. The molecule has 0 aromatic heterocycles. The molecule has 1 aromatic carbocycles. The van der Waals surface area contributed by atoms with Gasteiger partial charge in [-0.3, -0.25) is 0 Å². The number of nitrogens with two attached hydrogens (primary N) is 1. The van der Waals surface area contributed by atoms with E-state index in [-0.39, 0.29) is 6.10 Å². The van der Waals surface area contributed by atoms with E-state index in [1.54, 1.807) is 0 Å². The summed E-state index contributed by atoms with van der Waals surface area (Å²) in [4.78, 5) is 2.50. The molecule has 2 aliphatic rings. The van der Waals surface area contributed by atoms with Gasteiger partial charge in [0.05, 0.1) is 12.7 Å². The summed E-state index contributed by atoms with van der Waals surface area (Å²) in [7, 11) is 0. The molecule has 0 aliphatic carbocycles. The molecule has 2 heterocycles. The van der Waals surface area contributed by atoms with Crippen LogP contribution in [0.3, 0.4) is 0 Å². The fourth-order valence-electron chi connectivity index (χ4n) is 3.13. The van der Waals surface area contributed by atoms with Crippen LogP contribution in [0.4, 0.5) is 0 Å². The Morgan fingerprint density at radius 2 is 2.22 bits per heavy atom. The summed E-state index contributed by atoms with van der Waals surface area (Å²) in [5.41, 5.74) is 8.60. The maximum atomic E-state index is 5.96. The van der Waals surface area contributed by atoms with E-state index in [4.69, 9.17) is 10.5 Å². The van der Waals surface area contributed by atoms with Crippen LogP contribution in [-0.2, 0) is 11.2 Å². The first-order valence-corrected chi connectivity index (χ1v) is 6.98. The van der Waals surface area contributed by atoms with Crippen LogP contribution < -0.4 is 5.73 Å². The van der Waals surface area contributed by atoms with Crippen molar-refractivity contribution < 1.29 is 4.74 Å². The number of likely N-dealkylation sites (tertiary alicyclic amines) is 1. The van der Waals surface area contributed by atoms with Crippen molar-refractivity contribution in [2.75, 3.05) is 32.8 Å². The fraction of sp³-hybridized carbons (Fsp3) is 0.600. The van der Waals surface area contributed by atoms with E-state index in [0.717, 1.165) is 32.7 Å². The zero-order valence-corrected chi connectivity index (χ0v) is 10.8. The number of nitrogens with zero attached hydrogens (tertiary/aromatic N) is 1. The molecule has 2 atom stereocenters. The van der Waals surface area contributed by atoms with Crippen molar-refractivity contribution in [3.8, 4) is 0 Å². The average Bonchev–Trinajstić information content (AvgIpc) is 2.87. The lowest BCUT2D eigenvalue weighted by Gasteiger charge is -2.29. The molecule has 2 unspecified atom stereocenters. The van der Waals surface area contributed by atoms with Crippen LogP contribution in [0.5, 0.6) is 0 Å². The van der Waals surface area contributed by atoms with Crippen LogP contribution in [-0.4, -0.2) is 37.7 Å². The van der Waals surface area contributed by atoms with Gasteiger partial charge < -0.3 is 15.4 Å². The largest absolute Gasteiger partial charge is 0.372 e. The van der Waals surface area contributed by atoms with Crippen molar-refractivity contribution >= 4 is 0 Å². The van der Waals surface area contributed by atoms with Gasteiger partial charge in [0.2, 0.25) is 0 Å². The summed E-state index contributed by atoms with van der Waals surface area (Å²) in [6, 6.07) is 8.70. The molecule has 1 fully saturated rings. The Bertz CT molecular complexity index is 407. The van der Waals surface area contributed by atoms with Gasteiger partial charge in [0.25, 0.3) is 0 Å². The Labute approximate surface area is 109 Å². The first kappa shape index (κ1) is 12.2. The van der Waals surface area contributed by atoms with E-state index in [9.17, 15) is 0 Å². The van der Waals surface area contributed by atoms with Gasteiger partial charge in [-0.15, -0.1) is 0 Å². The number of hydrogen-bond donors (Lipinski definition) is 1. The number of fused-ring (bicyclic) bond motifs is 1. The van der Waals surface area contributed by atoms with Crippen molar-refractivity contribution in [3.05, 3.63) is 35.4 Å². The van der Waals surface area contributed by atoms with E-state index in [0.29, 0.717) is 5.92 Å². The number of benzene rings is 1. The van der Waals surface area contributed by atoms with Crippen molar-refractivity contribution in [1.29, 1.82) is 0 Å². The fourth-order valence-corrected chi connectivity index (χ4v) is 3.13. The molecule has 2 N–H and O–H groups in total. The minimum Gasteiger partial charge on any atom is -0.372 e. The van der Waals surface area contributed by atoms with Gasteiger partial charge in [-0.1, -0.05) is 24.3 Å². The van der Waals surface area contributed by atoms with Crippen LogP contribution in [0, 0.1) is 5.92 Å². The van der Waals surface area contributed by atoms with Crippen LogP contribution in [0.15, 0.2) is 24.3 Å². The van der Waals surface area contributed by atoms with Gasteiger partial charge >= 0.3 is 0 Å². The summed E-state index contributed by atoms with van der Waals surface area (Å²) in [6.45, 7) is 5.00. The zero-order valence-electron chi connectivity index (χ0n) is 10.8. The topological polar surface area (TPSA) is 38.5 Å². The molecule has 1 aromatic rings. The van der Waals surface area contributed by atoms with E-state index in [1.165, 1.54) is 24.1 Å². The third-order valence-electron chi connectivity index (χ3n) is 4.22. The average molecular weight is 246 g/mol. The summed E-state index contributed by atoms with van der Waals surface area (Å²) < 4.78 is 5.96. The quantitative estimate of drug-likeness (QED) is 0.880. The molecule has 3 heteroatoms. The molecular weight excluding hydrogens is 224 g/mol. The Hall–Kier alpha value is -0.900. The predicted octanol–water partition coefficient (Wildman–Crippen LogP) is 1.58. The van der Waals surface area contributed by atoms with E-state index < -0.39 is 0 Å². The second kappa shape index (κ2) is 5.39. The smallest absolute Gasteiger partial charge is 0.0954 e. The molecule has 18 heavy (non-hydrogen) atoms. The third kappa shape index (κ3) is 2.44. The van der Waals surface area contributed by atoms with Gasteiger partial charge in [0.1, 0.15) is 0 Å². The normalized spacial score (nSPS) is 28.3. The Kier molecular flexibility index (Phi) is 3.64. The molecule has 0 amide bonds. The highest BCUT2D eigenvalue weighted by Crippen LogP contribution is 2.29. The molecule has 3 rings (SSSR count). The lowest BCUT2D eigenvalue weighted by molar-refractivity contribution is 0.0200. The Balaban J connectivity index is 1.67. The highest BCUT2D eigenvalue weighted by molar-refractivity contribution is 5.31. The van der Waals surface area contributed by atoms with Crippen molar-refractivity contribution in [1.82, 2.24) is 4.90 Å². The minimum atomic E-state index is 0.256. The first-order chi connectivity index (χ1) is 8.86. The molecule has 2 aliphatic heterocycles. The van der Waals surface area contributed by atoms with E-state index >= 15 is 0 Å². The second-order valence-corrected chi connectivity index (χ2v) is 5.46. The summed E-state index contributed by atoms with van der Waals surface area (Å²) in [6.07, 6.45) is 2.55. The van der Waals surface area contributed by atoms with Crippen molar-refractivity contribution in [2.24, 2.45) is 11.7 Å². The van der Waals surface area contributed by atoms with Gasteiger partial charge in [0.15, 0.2) is 0 Å². The summed E-state index contributed by atoms with van der Waals surface area (Å²) in [5, 5.41) is 0. The zero-order chi connectivity index (χ0) is 12.4. The lowest BCUT2D eigenvalue weighted by Crippen LogP contribution is -2.31. The van der Waals surface area contributed by atoms with Gasteiger partial charge in [-0.05, 0) is 43.0 Å². The Morgan fingerprint density at radius 3 is 3.06 bits per heavy atom. The second-order valence-electron chi connectivity index (χ2n) is 5.46. The molecular formula is C15H22N2O. The Morgan fingerprint density at radius 1 is 1.33 bits per heavy atom. The van der Waals surface area contributed by atoms with Crippen LogP contribution >= 0.6 is 0 Å². The molecule has 0 spiro atoms. The number of hydrogen-bond acceptors (Lipinski definition) is 3. The lowest BCUT2D eigenvalue weighted by atomic mass is 9.97. The minimum absolute atomic E-state index is 0.256.